The van der Waals surface area contributed by atoms with Gasteiger partial charge in [-0.25, -0.2) is 0 Å². The third-order valence-corrected chi connectivity index (χ3v) is 3.64. The van der Waals surface area contributed by atoms with E-state index >= 15 is 0 Å². The van der Waals surface area contributed by atoms with Gasteiger partial charge in [0.2, 0.25) is 0 Å². The van der Waals surface area contributed by atoms with Crippen LogP contribution in [0.2, 0.25) is 0 Å². The van der Waals surface area contributed by atoms with Crippen LogP contribution in [0.3, 0.4) is 0 Å². The molecule has 1 unspecified atom stereocenters. The standard InChI is InChI=1S/C15H21NO2/c1-2-6-14(13-7-4-3-5-8-13)16-10-12(11-16)9-15(17)18/h3-5,7-8,12,14H,2,6,9-11H2,1H3,(H,17,18). The minimum absolute atomic E-state index is 0.310. The fourth-order valence-electron chi connectivity index (χ4n) is 2.75. The minimum Gasteiger partial charge on any atom is -0.481 e. The molecule has 1 fully saturated rings. The van der Waals surface area contributed by atoms with Crippen LogP contribution in [-0.2, 0) is 4.79 Å². The average Bonchev–Trinajstić information content (AvgIpc) is 2.32. The van der Waals surface area contributed by atoms with Crippen molar-refractivity contribution >= 4 is 5.97 Å². The van der Waals surface area contributed by atoms with Crippen molar-refractivity contribution in [3.63, 3.8) is 0 Å². The lowest BCUT2D eigenvalue weighted by Gasteiger charge is -2.44. The third-order valence-electron chi connectivity index (χ3n) is 3.64. The summed E-state index contributed by atoms with van der Waals surface area (Å²) in [6, 6.07) is 11.0. The van der Waals surface area contributed by atoms with Gasteiger partial charge in [-0.05, 0) is 17.9 Å². The Kier molecular flexibility index (Phi) is 4.37. The molecule has 1 aliphatic rings. The summed E-state index contributed by atoms with van der Waals surface area (Å²) >= 11 is 0. The second kappa shape index (κ2) is 6.01. The van der Waals surface area contributed by atoms with Crippen LogP contribution < -0.4 is 0 Å². The number of likely N-dealkylation sites (tertiary alicyclic amines) is 1. The maximum absolute atomic E-state index is 10.7. The first-order valence-corrected chi connectivity index (χ1v) is 6.71. The Hall–Kier alpha value is -1.35. The van der Waals surface area contributed by atoms with Gasteiger partial charge in [-0.3, -0.25) is 9.69 Å². The highest BCUT2D eigenvalue weighted by Gasteiger charge is 2.33. The van der Waals surface area contributed by atoms with Gasteiger partial charge in [-0.1, -0.05) is 43.7 Å². The van der Waals surface area contributed by atoms with Crippen molar-refractivity contribution in [2.24, 2.45) is 5.92 Å². The molecular weight excluding hydrogens is 226 g/mol. The summed E-state index contributed by atoms with van der Waals surface area (Å²) in [5, 5.41) is 8.78. The van der Waals surface area contributed by atoms with E-state index in [4.69, 9.17) is 5.11 Å². The van der Waals surface area contributed by atoms with E-state index in [0.717, 1.165) is 25.9 Å². The van der Waals surface area contributed by atoms with Gasteiger partial charge in [0, 0.05) is 19.1 Å². The molecule has 1 aromatic carbocycles. The topological polar surface area (TPSA) is 40.5 Å². The van der Waals surface area contributed by atoms with E-state index in [0.29, 0.717) is 18.4 Å². The van der Waals surface area contributed by atoms with E-state index in [9.17, 15) is 4.79 Å². The zero-order valence-electron chi connectivity index (χ0n) is 10.9. The molecule has 0 aromatic heterocycles. The molecule has 0 bridgehead atoms. The fraction of sp³-hybridized carbons (Fsp3) is 0.533. The number of rotatable bonds is 6. The largest absolute Gasteiger partial charge is 0.481 e. The lowest BCUT2D eigenvalue weighted by Crippen LogP contribution is -2.49. The van der Waals surface area contributed by atoms with Crippen LogP contribution in [0.25, 0.3) is 0 Å². The fourth-order valence-corrected chi connectivity index (χ4v) is 2.75. The van der Waals surface area contributed by atoms with Gasteiger partial charge in [0.05, 0.1) is 6.42 Å². The number of nitrogens with zero attached hydrogens (tertiary/aromatic N) is 1. The molecule has 1 atom stereocenters. The van der Waals surface area contributed by atoms with Gasteiger partial charge in [0.15, 0.2) is 0 Å². The Balaban J connectivity index is 1.95. The zero-order chi connectivity index (χ0) is 13.0. The molecule has 1 aromatic rings. The molecule has 18 heavy (non-hydrogen) atoms. The monoisotopic (exact) mass is 247 g/mol. The van der Waals surface area contributed by atoms with Gasteiger partial charge in [-0.15, -0.1) is 0 Å². The van der Waals surface area contributed by atoms with Gasteiger partial charge in [0.25, 0.3) is 0 Å². The highest BCUT2D eigenvalue weighted by molar-refractivity contribution is 5.67. The number of carboxylic acid groups (broad SMARTS) is 1. The maximum atomic E-state index is 10.7. The maximum Gasteiger partial charge on any atom is 0.303 e. The number of aliphatic carboxylic acids is 1. The predicted octanol–water partition coefficient (Wildman–Crippen LogP) is 2.93. The van der Waals surface area contributed by atoms with Gasteiger partial charge in [-0.2, -0.15) is 0 Å². The molecule has 0 spiro atoms. The summed E-state index contributed by atoms with van der Waals surface area (Å²) < 4.78 is 0. The quantitative estimate of drug-likeness (QED) is 0.840. The van der Waals surface area contributed by atoms with Crippen molar-refractivity contribution in [2.45, 2.75) is 32.2 Å². The summed E-state index contributed by atoms with van der Waals surface area (Å²) in [5.41, 5.74) is 1.35. The van der Waals surface area contributed by atoms with Crippen molar-refractivity contribution in [3.05, 3.63) is 35.9 Å². The summed E-state index contributed by atoms with van der Waals surface area (Å²) in [6.07, 6.45) is 2.60. The van der Waals surface area contributed by atoms with Crippen LogP contribution in [0, 0.1) is 5.92 Å². The molecule has 3 nitrogen and oxygen atoms in total. The molecule has 0 radical (unpaired) electrons. The van der Waals surface area contributed by atoms with Crippen molar-refractivity contribution in [1.29, 1.82) is 0 Å². The SMILES string of the molecule is CCCC(c1ccccc1)N1CC(CC(=O)O)C1. The molecule has 1 heterocycles. The Morgan fingerprint density at radius 3 is 2.61 bits per heavy atom. The first-order chi connectivity index (χ1) is 8.70. The van der Waals surface area contributed by atoms with E-state index in [1.54, 1.807) is 0 Å². The van der Waals surface area contributed by atoms with Crippen molar-refractivity contribution in [3.8, 4) is 0 Å². The molecule has 0 saturated carbocycles. The smallest absolute Gasteiger partial charge is 0.303 e. The Bertz CT molecular complexity index is 385. The van der Waals surface area contributed by atoms with Crippen LogP contribution in [-0.4, -0.2) is 29.1 Å². The van der Waals surface area contributed by atoms with E-state index in [1.807, 2.05) is 6.07 Å². The Morgan fingerprint density at radius 2 is 2.06 bits per heavy atom. The number of carboxylic acids is 1. The average molecular weight is 247 g/mol. The number of hydrogen-bond acceptors (Lipinski definition) is 2. The molecule has 1 N–H and O–H groups in total. The summed E-state index contributed by atoms with van der Waals surface area (Å²) in [6.45, 7) is 4.04. The van der Waals surface area contributed by atoms with Crippen LogP contribution >= 0.6 is 0 Å². The van der Waals surface area contributed by atoms with Crippen LogP contribution in [0.15, 0.2) is 30.3 Å². The molecule has 1 saturated heterocycles. The molecule has 0 aliphatic carbocycles. The Labute approximate surface area is 108 Å². The van der Waals surface area contributed by atoms with Gasteiger partial charge in [0.1, 0.15) is 0 Å². The highest BCUT2D eigenvalue weighted by Crippen LogP contribution is 2.33. The number of benzene rings is 1. The molecule has 98 valence electrons. The van der Waals surface area contributed by atoms with E-state index < -0.39 is 5.97 Å². The molecular formula is C15H21NO2. The van der Waals surface area contributed by atoms with Crippen LogP contribution in [0.5, 0.6) is 0 Å². The first-order valence-electron chi connectivity index (χ1n) is 6.71. The third kappa shape index (κ3) is 3.10. The highest BCUT2D eigenvalue weighted by atomic mass is 16.4. The lowest BCUT2D eigenvalue weighted by atomic mass is 9.90. The predicted molar refractivity (Wildman–Crippen MR) is 71.4 cm³/mol. The molecule has 2 rings (SSSR count). The molecule has 1 aliphatic heterocycles. The summed E-state index contributed by atoms with van der Waals surface area (Å²) in [7, 11) is 0. The van der Waals surface area contributed by atoms with Crippen molar-refractivity contribution in [1.82, 2.24) is 4.90 Å². The summed E-state index contributed by atoms with van der Waals surface area (Å²) in [5.74, 6) is -0.336. The zero-order valence-corrected chi connectivity index (χ0v) is 10.9. The van der Waals surface area contributed by atoms with E-state index in [2.05, 4.69) is 36.1 Å². The van der Waals surface area contributed by atoms with Crippen LogP contribution in [0.4, 0.5) is 0 Å². The second-order valence-electron chi connectivity index (χ2n) is 5.13. The lowest BCUT2D eigenvalue weighted by molar-refractivity contribution is -0.139. The van der Waals surface area contributed by atoms with Gasteiger partial charge < -0.3 is 5.11 Å². The molecule has 0 amide bonds. The minimum atomic E-state index is -0.675. The number of hydrogen-bond donors (Lipinski definition) is 1. The van der Waals surface area contributed by atoms with Crippen LogP contribution in [0.1, 0.15) is 37.8 Å². The number of carbonyl (C=O) groups is 1. The van der Waals surface area contributed by atoms with Gasteiger partial charge >= 0.3 is 5.97 Å². The molecule has 3 heteroatoms. The normalized spacial score (nSPS) is 18.3. The van der Waals surface area contributed by atoms with E-state index in [-0.39, 0.29) is 0 Å². The van der Waals surface area contributed by atoms with Crippen molar-refractivity contribution < 1.29 is 9.90 Å². The van der Waals surface area contributed by atoms with E-state index in [1.165, 1.54) is 5.56 Å². The Morgan fingerprint density at radius 1 is 1.39 bits per heavy atom. The summed E-state index contributed by atoms with van der Waals surface area (Å²) in [4.78, 5) is 13.1. The first kappa shape index (κ1) is 13.1. The second-order valence-corrected chi connectivity index (χ2v) is 5.13. The van der Waals surface area contributed by atoms with Crippen molar-refractivity contribution in [2.75, 3.05) is 13.1 Å².